The van der Waals surface area contributed by atoms with Gasteiger partial charge in [0.25, 0.3) is 5.91 Å². The van der Waals surface area contributed by atoms with Crippen molar-refractivity contribution in [1.29, 1.82) is 0 Å². The lowest BCUT2D eigenvalue weighted by Crippen LogP contribution is -2.33. The highest BCUT2D eigenvalue weighted by molar-refractivity contribution is 6.09. The predicted octanol–water partition coefficient (Wildman–Crippen LogP) is 3.90. The van der Waals surface area contributed by atoms with Gasteiger partial charge in [0.05, 0.1) is 12.7 Å². The SMILES string of the molecule is CN(CC[C@@H](OCc1cccc(N2CCN(C)c3nc(N(C)C)ncc3C2=O)c1)c1ccccc1)C(=O)O. The van der Waals surface area contributed by atoms with E-state index in [1.54, 1.807) is 18.1 Å². The number of fused-ring (bicyclic) bond motifs is 1. The molecule has 3 aromatic rings. The molecule has 0 bridgehead atoms. The summed E-state index contributed by atoms with van der Waals surface area (Å²) in [6, 6.07) is 17.5. The van der Waals surface area contributed by atoms with E-state index >= 15 is 0 Å². The summed E-state index contributed by atoms with van der Waals surface area (Å²) in [7, 11) is 7.21. The van der Waals surface area contributed by atoms with Crippen LogP contribution in [-0.4, -0.2) is 79.8 Å². The Balaban J connectivity index is 1.52. The highest BCUT2D eigenvalue weighted by Gasteiger charge is 2.28. The molecule has 200 valence electrons. The molecule has 0 unspecified atom stereocenters. The van der Waals surface area contributed by atoms with Crippen molar-refractivity contribution in [3.05, 3.63) is 77.5 Å². The van der Waals surface area contributed by atoms with Crippen LogP contribution in [0.4, 0.5) is 22.2 Å². The first-order valence-electron chi connectivity index (χ1n) is 12.5. The van der Waals surface area contributed by atoms with Crippen LogP contribution >= 0.6 is 0 Å². The van der Waals surface area contributed by atoms with Crippen molar-refractivity contribution >= 4 is 29.5 Å². The van der Waals surface area contributed by atoms with Gasteiger partial charge in [-0.3, -0.25) is 4.79 Å². The van der Waals surface area contributed by atoms with Crippen LogP contribution in [0.2, 0.25) is 0 Å². The van der Waals surface area contributed by atoms with Crippen molar-refractivity contribution in [2.24, 2.45) is 0 Å². The number of hydrogen-bond donors (Lipinski definition) is 1. The van der Waals surface area contributed by atoms with Crippen LogP contribution in [-0.2, 0) is 11.3 Å². The maximum atomic E-state index is 13.6. The first kappa shape index (κ1) is 26.9. The number of carbonyl (C=O) groups is 2. The average molecular weight is 519 g/mol. The van der Waals surface area contributed by atoms with Gasteiger partial charge in [0, 0.05) is 59.7 Å². The molecule has 0 saturated carbocycles. The monoisotopic (exact) mass is 518 g/mol. The Kier molecular flexibility index (Phi) is 8.42. The maximum absolute atomic E-state index is 13.6. The minimum absolute atomic E-state index is 0.147. The Morgan fingerprint density at radius 2 is 1.87 bits per heavy atom. The first-order valence-corrected chi connectivity index (χ1v) is 12.5. The summed E-state index contributed by atoms with van der Waals surface area (Å²) >= 11 is 0. The fourth-order valence-corrected chi connectivity index (χ4v) is 4.30. The van der Waals surface area contributed by atoms with E-state index in [1.165, 1.54) is 4.90 Å². The van der Waals surface area contributed by atoms with Crippen LogP contribution in [0.1, 0.15) is 34.0 Å². The third-order valence-electron chi connectivity index (χ3n) is 6.55. The first-order chi connectivity index (χ1) is 18.2. The number of nitrogens with zero attached hydrogens (tertiary/aromatic N) is 6. The number of anilines is 3. The highest BCUT2D eigenvalue weighted by Crippen LogP contribution is 2.28. The van der Waals surface area contributed by atoms with E-state index in [1.807, 2.05) is 85.5 Å². The van der Waals surface area contributed by atoms with Gasteiger partial charge >= 0.3 is 6.09 Å². The van der Waals surface area contributed by atoms with E-state index in [4.69, 9.17) is 4.74 Å². The number of carboxylic acid groups (broad SMARTS) is 1. The maximum Gasteiger partial charge on any atom is 0.407 e. The molecule has 2 heterocycles. The van der Waals surface area contributed by atoms with Crippen LogP contribution < -0.4 is 14.7 Å². The van der Waals surface area contributed by atoms with Crippen molar-refractivity contribution in [2.45, 2.75) is 19.1 Å². The lowest BCUT2D eigenvalue weighted by molar-refractivity contribution is 0.0288. The Hall–Kier alpha value is -4.18. The normalized spacial score (nSPS) is 14.1. The number of ether oxygens (including phenoxy) is 1. The summed E-state index contributed by atoms with van der Waals surface area (Å²) < 4.78 is 6.29. The van der Waals surface area contributed by atoms with E-state index in [-0.39, 0.29) is 12.0 Å². The largest absolute Gasteiger partial charge is 0.465 e. The van der Waals surface area contributed by atoms with Crippen molar-refractivity contribution in [1.82, 2.24) is 14.9 Å². The fraction of sp³-hybridized carbons (Fsp3) is 0.357. The summed E-state index contributed by atoms with van der Waals surface area (Å²) in [6.07, 6.45) is 0.877. The van der Waals surface area contributed by atoms with Crippen LogP contribution in [0.5, 0.6) is 0 Å². The number of aromatic nitrogens is 2. The second-order valence-corrected chi connectivity index (χ2v) is 9.55. The van der Waals surface area contributed by atoms with E-state index in [2.05, 4.69) is 9.97 Å². The lowest BCUT2D eigenvalue weighted by Gasteiger charge is -2.23. The number of likely N-dealkylation sites (N-methyl/N-ethyl adjacent to an activating group) is 1. The molecular formula is C28H34N6O4. The molecule has 10 heteroatoms. The summed E-state index contributed by atoms with van der Waals surface area (Å²) in [6.45, 7) is 1.79. The van der Waals surface area contributed by atoms with Gasteiger partial charge in [-0.2, -0.15) is 4.98 Å². The van der Waals surface area contributed by atoms with Gasteiger partial charge in [0.2, 0.25) is 5.95 Å². The number of amides is 2. The van der Waals surface area contributed by atoms with Gasteiger partial charge in [0.1, 0.15) is 11.4 Å². The smallest absolute Gasteiger partial charge is 0.407 e. The third-order valence-corrected chi connectivity index (χ3v) is 6.55. The van der Waals surface area contributed by atoms with E-state index in [9.17, 15) is 14.7 Å². The summed E-state index contributed by atoms with van der Waals surface area (Å²) in [5.41, 5.74) is 3.14. The molecule has 1 atom stereocenters. The zero-order valence-electron chi connectivity index (χ0n) is 22.2. The van der Waals surface area contributed by atoms with Crippen LogP contribution in [0.15, 0.2) is 60.8 Å². The number of hydrogen-bond acceptors (Lipinski definition) is 7. The van der Waals surface area contributed by atoms with E-state index in [0.717, 1.165) is 16.8 Å². The Morgan fingerprint density at radius 3 is 2.58 bits per heavy atom. The van der Waals surface area contributed by atoms with Gasteiger partial charge in [0.15, 0.2) is 0 Å². The number of rotatable bonds is 9. The molecule has 0 aliphatic carbocycles. The second-order valence-electron chi connectivity index (χ2n) is 9.55. The second kappa shape index (κ2) is 11.9. The standard InChI is InChI=1S/C28H34N6O4/c1-31(2)27-29-18-23-25(30-27)32(3)15-16-34(26(23)35)22-12-8-9-20(17-22)19-38-24(13-14-33(4)28(36)37)21-10-6-5-7-11-21/h5-12,17-18,24H,13-16,19H2,1-4H3,(H,36,37)/t24-/m1/s1. The fourth-order valence-electron chi connectivity index (χ4n) is 4.30. The minimum Gasteiger partial charge on any atom is -0.465 e. The highest BCUT2D eigenvalue weighted by atomic mass is 16.5. The molecule has 38 heavy (non-hydrogen) atoms. The lowest BCUT2D eigenvalue weighted by atomic mass is 10.1. The van der Waals surface area contributed by atoms with Crippen LogP contribution in [0.25, 0.3) is 0 Å². The topological polar surface area (TPSA) is 102 Å². The number of benzene rings is 2. The average Bonchev–Trinajstić information content (AvgIpc) is 3.04. The molecule has 0 spiro atoms. The molecule has 1 aromatic heterocycles. The van der Waals surface area contributed by atoms with Gasteiger partial charge in [-0.25, -0.2) is 9.78 Å². The number of carbonyl (C=O) groups excluding carboxylic acids is 1. The molecule has 0 saturated heterocycles. The molecule has 2 aromatic carbocycles. The Labute approximate surface area is 223 Å². The molecule has 2 amide bonds. The van der Waals surface area contributed by atoms with Crippen molar-refractivity contribution in [3.8, 4) is 0 Å². The molecule has 4 rings (SSSR count). The summed E-state index contributed by atoms with van der Waals surface area (Å²) in [4.78, 5) is 40.6. The zero-order valence-corrected chi connectivity index (χ0v) is 22.2. The molecule has 1 N–H and O–H groups in total. The van der Waals surface area contributed by atoms with Crippen molar-refractivity contribution < 1.29 is 19.4 Å². The Bertz CT molecular complexity index is 1270. The summed E-state index contributed by atoms with van der Waals surface area (Å²) in [5, 5.41) is 9.22. The molecule has 0 fully saturated rings. The van der Waals surface area contributed by atoms with Gasteiger partial charge in [-0.1, -0.05) is 42.5 Å². The van der Waals surface area contributed by atoms with Gasteiger partial charge in [-0.05, 0) is 29.7 Å². The van der Waals surface area contributed by atoms with Crippen LogP contribution in [0, 0.1) is 0 Å². The predicted molar refractivity (Wildman–Crippen MR) is 147 cm³/mol. The molecule has 1 aliphatic rings. The van der Waals surface area contributed by atoms with Crippen molar-refractivity contribution in [3.63, 3.8) is 0 Å². The van der Waals surface area contributed by atoms with Gasteiger partial charge in [-0.15, -0.1) is 0 Å². The van der Waals surface area contributed by atoms with E-state index < -0.39 is 6.09 Å². The summed E-state index contributed by atoms with van der Waals surface area (Å²) in [5.74, 6) is 1.03. The molecule has 10 nitrogen and oxygen atoms in total. The molecular weight excluding hydrogens is 484 g/mol. The van der Waals surface area contributed by atoms with Crippen molar-refractivity contribution in [2.75, 3.05) is 62.5 Å². The molecule has 0 radical (unpaired) electrons. The van der Waals surface area contributed by atoms with E-state index in [0.29, 0.717) is 50.0 Å². The quantitative estimate of drug-likeness (QED) is 0.455. The Morgan fingerprint density at radius 1 is 1.11 bits per heavy atom. The molecule has 1 aliphatic heterocycles. The van der Waals surface area contributed by atoms with Crippen LogP contribution in [0.3, 0.4) is 0 Å². The minimum atomic E-state index is -0.970. The third kappa shape index (κ3) is 6.20. The zero-order chi connectivity index (χ0) is 27.2. The van der Waals surface area contributed by atoms with Gasteiger partial charge < -0.3 is 29.4 Å².